The highest BCUT2D eigenvalue weighted by atomic mass is 35.5. The number of halogens is 2. The van der Waals surface area contributed by atoms with Crippen LogP contribution in [0.3, 0.4) is 0 Å². The normalized spacial score (nSPS) is 17.0. The number of amides is 1. The third kappa shape index (κ3) is 3.62. The maximum Gasteiger partial charge on any atom is 0.253 e. The van der Waals surface area contributed by atoms with E-state index in [9.17, 15) is 9.18 Å². The van der Waals surface area contributed by atoms with Crippen LogP contribution in [0.15, 0.2) is 48.5 Å². The fraction of sp³-hybridized carbons (Fsp3) is 0.381. The molecular weight excluding hydrogens is 351 g/mol. The molecule has 1 amide bonds. The van der Waals surface area contributed by atoms with Crippen LogP contribution < -0.4 is 10.6 Å². The zero-order chi connectivity index (χ0) is 18.6. The number of carbonyl (C=O) groups is 1. The SMILES string of the molecule is CNC1(C(NC(=O)c2cccc(CF)c2Cl)c2ccccc2)CCCC1. The molecule has 2 aromatic rings. The molecule has 0 spiro atoms. The lowest BCUT2D eigenvalue weighted by Crippen LogP contribution is -2.52. The molecule has 1 aliphatic carbocycles. The lowest BCUT2D eigenvalue weighted by atomic mass is 9.83. The molecule has 2 aromatic carbocycles. The highest BCUT2D eigenvalue weighted by Crippen LogP contribution is 2.40. The fourth-order valence-electron chi connectivity index (χ4n) is 3.94. The quantitative estimate of drug-likeness (QED) is 0.761. The van der Waals surface area contributed by atoms with Gasteiger partial charge in [0.05, 0.1) is 16.6 Å². The van der Waals surface area contributed by atoms with Gasteiger partial charge in [-0.25, -0.2) is 4.39 Å². The van der Waals surface area contributed by atoms with Gasteiger partial charge in [-0.1, -0.05) is 66.9 Å². The molecule has 1 aliphatic rings. The maximum atomic E-state index is 13.1. The average Bonchev–Trinajstić information content (AvgIpc) is 3.17. The van der Waals surface area contributed by atoms with E-state index in [4.69, 9.17) is 11.6 Å². The highest BCUT2D eigenvalue weighted by molar-refractivity contribution is 6.34. The molecule has 0 heterocycles. The molecule has 1 atom stereocenters. The molecule has 3 rings (SSSR count). The first-order valence-corrected chi connectivity index (χ1v) is 9.37. The summed E-state index contributed by atoms with van der Waals surface area (Å²) in [6, 6.07) is 14.7. The number of rotatable bonds is 6. The summed E-state index contributed by atoms with van der Waals surface area (Å²) in [5.74, 6) is -0.277. The first kappa shape index (κ1) is 18.9. The van der Waals surface area contributed by atoms with Crippen LogP contribution in [0.5, 0.6) is 0 Å². The van der Waals surface area contributed by atoms with Crippen LogP contribution in [0.4, 0.5) is 4.39 Å². The number of alkyl halides is 1. The molecule has 1 unspecified atom stereocenters. The number of hydrogen-bond acceptors (Lipinski definition) is 2. The Kier molecular flexibility index (Phi) is 5.94. The first-order chi connectivity index (χ1) is 12.6. The van der Waals surface area contributed by atoms with Crippen LogP contribution in [0, 0.1) is 0 Å². The molecule has 0 radical (unpaired) electrons. The van der Waals surface area contributed by atoms with Crippen molar-refractivity contribution in [1.82, 2.24) is 10.6 Å². The van der Waals surface area contributed by atoms with E-state index in [-0.39, 0.29) is 22.5 Å². The molecular formula is C21H24ClFN2O. The van der Waals surface area contributed by atoms with Gasteiger partial charge in [0.2, 0.25) is 0 Å². The Labute approximate surface area is 158 Å². The average molecular weight is 375 g/mol. The van der Waals surface area contributed by atoms with Crippen LogP contribution in [0.25, 0.3) is 0 Å². The third-order valence-corrected chi connectivity index (χ3v) is 5.87. The van der Waals surface area contributed by atoms with Crippen LogP contribution in [-0.4, -0.2) is 18.5 Å². The third-order valence-electron chi connectivity index (χ3n) is 5.42. The van der Waals surface area contributed by atoms with E-state index in [0.29, 0.717) is 11.1 Å². The molecule has 3 nitrogen and oxygen atoms in total. The lowest BCUT2D eigenvalue weighted by molar-refractivity contribution is 0.0903. The van der Waals surface area contributed by atoms with Gasteiger partial charge in [0.25, 0.3) is 5.91 Å². The largest absolute Gasteiger partial charge is 0.343 e. The van der Waals surface area contributed by atoms with Crippen molar-refractivity contribution in [2.75, 3.05) is 7.05 Å². The molecule has 5 heteroatoms. The van der Waals surface area contributed by atoms with Crippen LogP contribution in [-0.2, 0) is 6.67 Å². The van der Waals surface area contributed by atoms with Crippen molar-refractivity contribution >= 4 is 17.5 Å². The Hall–Kier alpha value is -1.91. The minimum Gasteiger partial charge on any atom is -0.343 e. The second kappa shape index (κ2) is 8.19. The predicted molar refractivity (Wildman–Crippen MR) is 103 cm³/mol. The van der Waals surface area contributed by atoms with Crippen molar-refractivity contribution in [3.05, 3.63) is 70.2 Å². The van der Waals surface area contributed by atoms with Gasteiger partial charge in [-0.15, -0.1) is 0 Å². The summed E-state index contributed by atoms with van der Waals surface area (Å²) in [4.78, 5) is 13.0. The van der Waals surface area contributed by atoms with Crippen molar-refractivity contribution in [2.45, 2.75) is 43.9 Å². The van der Waals surface area contributed by atoms with Gasteiger partial charge in [-0.05, 0) is 31.5 Å². The Morgan fingerprint density at radius 3 is 2.46 bits per heavy atom. The zero-order valence-electron chi connectivity index (χ0n) is 14.9. The minimum absolute atomic E-state index is 0.184. The number of likely N-dealkylation sites (N-methyl/N-ethyl adjacent to an activating group) is 1. The summed E-state index contributed by atoms with van der Waals surface area (Å²) < 4.78 is 13.1. The number of carbonyl (C=O) groups excluding carboxylic acids is 1. The minimum atomic E-state index is -0.692. The standard InChI is InChI=1S/C21H24ClFN2O/c1-24-21(12-5-6-13-21)19(15-8-3-2-4-9-15)25-20(26)17-11-7-10-16(14-23)18(17)22/h2-4,7-11,19,24H,5-6,12-14H2,1H3,(H,25,26). The maximum absolute atomic E-state index is 13.1. The van der Waals surface area contributed by atoms with Crippen LogP contribution in [0.1, 0.15) is 53.2 Å². The van der Waals surface area contributed by atoms with E-state index >= 15 is 0 Å². The topological polar surface area (TPSA) is 41.1 Å². The van der Waals surface area contributed by atoms with Gasteiger partial charge in [-0.3, -0.25) is 4.79 Å². The predicted octanol–water partition coefficient (Wildman–Crippen LogP) is 4.81. The van der Waals surface area contributed by atoms with Gasteiger partial charge in [0.1, 0.15) is 6.67 Å². The summed E-state index contributed by atoms with van der Waals surface area (Å²) in [7, 11) is 1.95. The monoisotopic (exact) mass is 374 g/mol. The molecule has 0 saturated heterocycles. The van der Waals surface area contributed by atoms with E-state index in [1.54, 1.807) is 18.2 Å². The van der Waals surface area contributed by atoms with Crippen molar-refractivity contribution in [3.63, 3.8) is 0 Å². The van der Waals surface area contributed by atoms with E-state index < -0.39 is 6.67 Å². The van der Waals surface area contributed by atoms with Gasteiger partial charge in [-0.2, -0.15) is 0 Å². The molecule has 2 N–H and O–H groups in total. The summed E-state index contributed by atoms with van der Waals surface area (Å²) in [5.41, 5.74) is 1.50. The van der Waals surface area contributed by atoms with Crippen molar-refractivity contribution in [2.24, 2.45) is 0 Å². The van der Waals surface area contributed by atoms with Gasteiger partial charge in [0, 0.05) is 11.1 Å². The molecule has 1 saturated carbocycles. The van der Waals surface area contributed by atoms with Crippen LogP contribution in [0.2, 0.25) is 5.02 Å². The van der Waals surface area contributed by atoms with E-state index in [1.165, 1.54) is 0 Å². The smallest absolute Gasteiger partial charge is 0.253 e. The van der Waals surface area contributed by atoms with E-state index in [0.717, 1.165) is 31.2 Å². The van der Waals surface area contributed by atoms with Crippen molar-refractivity contribution < 1.29 is 9.18 Å². The van der Waals surface area contributed by atoms with Gasteiger partial charge < -0.3 is 10.6 Å². The Morgan fingerprint density at radius 1 is 1.15 bits per heavy atom. The highest BCUT2D eigenvalue weighted by Gasteiger charge is 2.41. The molecule has 1 fully saturated rings. The Morgan fingerprint density at radius 2 is 1.85 bits per heavy atom. The van der Waals surface area contributed by atoms with E-state index in [2.05, 4.69) is 10.6 Å². The molecule has 0 bridgehead atoms. The fourth-order valence-corrected chi connectivity index (χ4v) is 4.20. The van der Waals surface area contributed by atoms with Crippen molar-refractivity contribution in [1.29, 1.82) is 0 Å². The molecule has 0 aromatic heterocycles. The Balaban J connectivity index is 1.95. The van der Waals surface area contributed by atoms with Crippen molar-refractivity contribution in [3.8, 4) is 0 Å². The Bertz CT molecular complexity index is 760. The van der Waals surface area contributed by atoms with E-state index in [1.807, 2.05) is 37.4 Å². The summed E-state index contributed by atoms with van der Waals surface area (Å²) >= 11 is 6.25. The number of nitrogens with one attached hydrogen (secondary N) is 2. The lowest BCUT2D eigenvalue weighted by Gasteiger charge is -2.38. The van der Waals surface area contributed by atoms with Gasteiger partial charge >= 0.3 is 0 Å². The summed E-state index contributed by atoms with van der Waals surface area (Å²) in [5, 5.41) is 6.81. The summed E-state index contributed by atoms with van der Waals surface area (Å²) in [6.45, 7) is -0.692. The number of benzene rings is 2. The summed E-state index contributed by atoms with van der Waals surface area (Å²) in [6.07, 6.45) is 4.22. The number of hydrogen-bond donors (Lipinski definition) is 2. The second-order valence-electron chi connectivity index (χ2n) is 6.84. The first-order valence-electron chi connectivity index (χ1n) is 8.99. The molecule has 138 valence electrons. The van der Waals surface area contributed by atoms with Crippen LogP contribution >= 0.6 is 11.6 Å². The molecule has 26 heavy (non-hydrogen) atoms. The molecule has 0 aliphatic heterocycles. The zero-order valence-corrected chi connectivity index (χ0v) is 15.7. The van der Waals surface area contributed by atoms with Gasteiger partial charge in [0.15, 0.2) is 0 Å². The second-order valence-corrected chi connectivity index (χ2v) is 7.22.